The van der Waals surface area contributed by atoms with E-state index in [-0.39, 0.29) is 30.0 Å². The number of nitrogens with one attached hydrogen (secondary N) is 3. The summed E-state index contributed by atoms with van der Waals surface area (Å²) in [6.45, 7) is 5.55. The van der Waals surface area contributed by atoms with Crippen LogP contribution in [0, 0.1) is 5.92 Å². The van der Waals surface area contributed by atoms with Gasteiger partial charge in [0.1, 0.15) is 5.60 Å². The molecule has 0 aliphatic heterocycles. The monoisotopic (exact) mass is 402 g/mol. The maximum absolute atomic E-state index is 12.4. The van der Waals surface area contributed by atoms with Crippen molar-refractivity contribution in [2.24, 2.45) is 5.92 Å². The van der Waals surface area contributed by atoms with Gasteiger partial charge in [0.2, 0.25) is 5.91 Å². The Balaban J connectivity index is 1.44. The normalized spacial score (nSPS) is 22.3. The van der Waals surface area contributed by atoms with Crippen molar-refractivity contribution in [3.63, 3.8) is 0 Å². The molecule has 7 nitrogen and oxygen atoms in total. The second-order valence-corrected chi connectivity index (χ2v) is 9.28. The number of carbonyl (C=O) groups excluding carboxylic acids is 2. The Kier molecular flexibility index (Phi) is 6.55. The summed E-state index contributed by atoms with van der Waals surface area (Å²) in [6.07, 6.45) is 6.70. The molecule has 2 saturated carbocycles. The van der Waals surface area contributed by atoms with Gasteiger partial charge in [-0.2, -0.15) is 0 Å². The molecule has 0 saturated heterocycles. The van der Waals surface area contributed by atoms with Crippen LogP contribution in [0.4, 0.5) is 21.9 Å². The van der Waals surface area contributed by atoms with E-state index in [2.05, 4.69) is 16.0 Å². The molecule has 2 aliphatic rings. The number of nitrogen functional groups attached to an aromatic ring is 1. The second kappa shape index (κ2) is 8.93. The zero-order chi connectivity index (χ0) is 21.0. The van der Waals surface area contributed by atoms with Gasteiger partial charge in [0.15, 0.2) is 0 Å². The van der Waals surface area contributed by atoms with E-state index in [1.165, 1.54) is 6.42 Å². The number of hydrogen-bond donors (Lipinski definition) is 4. The summed E-state index contributed by atoms with van der Waals surface area (Å²) in [5.41, 5.74) is 7.88. The molecular formula is C22H34N4O3. The molecule has 3 rings (SSSR count). The summed E-state index contributed by atoms with van der Waals surface area (Å²) < 4.78 is 5.28. The fourth-order valence-electron chi connectivity index (χ4n) is 3.93. The van der Waals surface area contributed by atoms with E-state index in [0.29, 0.717) is 5.69 Å². The average molecular weight is 403 g/mol. The van der Waals surface area contributed by atoms with Crippen LogP contribution in [-0.4, -0.2) is 29.7 Å². The lowest BCUT2D eigenvalue weighted by Crippen LogP contribution is -2.50. The number of hydrogen-bond acceptors (Lipinski definition) is 5. The Morgan fingerprint density at radius 3 is 2.38 bits per heavy atom. The molecule has 0 bridgehead atoms. The molecule has 1 aromatic rings. The maximum Gasteiger partial charge on any atom is 0.407 e. The number of nitrogens with two attached hydrogens (primary N) is 1. The summed E-state index contributed by atoms with van der Waals surface area (Å²) in [5, 5.41) is 9.30. The first-order chi connectivity index (χ1) is 13.7. The van der Waals surface area contributed by atoms with E-state index in [9.17, 15) is 9.59 Å². The van der Waals surface area contributed by atoms with E-state index in [0.717, 1.165) is 49.9 Å². The van der Waals surface area contributed by atoms with Crippen molar-refractivity contribution in [1.82, 2.24) is 5.32 Å². The smallest absolute Gasteiger partial charge is 0.407 e. The van der Waals surface area contributed by atoms with Gasteiger partial charge in [0.25, 0.3) is 0 Å². The van der Waals surface area contributed by atoms with Crippen LogP contribution in [0.3, 0.4) is 0 Å². The standard InChI is InChI=1S/C22H34N4O3/c1-22(2,3)29-21(28)26-17-11-16(12-17)24-19-10-9-15(13-18(19)23)25-20(27)14-7-5-4-6-8-14/h9-10,13-14,16-17,24H,4-8,11-12,23H2,1-3H3,(H,25,27)(H,26,28)/t16-,17+. The molecule has 29 heavy (non-hydrogen) atoms. The molecule has 5 N–H and O–H groups in total. The molecule has 1 aromatic carbocycles. The summed E-state index contributed by atoms with van der Waals surface area (Å²) in [7, 11) is 0. The fraction of sp³-hybridized carbons (Fsp3) is 0.636. The van der Waals surface area contributed by atoms with Crippen LogP contribution < -0.4 is 21.7 Å². The van der Waals surface area contributed by atoms with Crippen LogP contribution in [0.25, 0.3) is 0 Å². The van der Waals surface area contributed by atoms with Gasteiger partial charge in [0.05, 0.1) is 11.4 Å². The Hall–Kier alpha value is -2.44. The minimum Gasteiger partial charge on any atom is -0.444 e. The summed E-state index contributed by atoms with van der Waals surface area (Å²) in [5.74, 6) is 0.215. The van der Waals surface area contributed by atoms with E-state index >= 15 is 0 Å². The van der Waals surface area contributed by atoms with Gasteiger partial charge in [-0.25, -0.2) is 4.79 Å². The van der Waals surface area contributed by atoms with Crippen LogP contribution in [0.15, 0.2) is 18.2 Å². The Bertz CT molecular complexity index is 732. The van der Waals surface area contributed by atoms with Crippen LogP contribution in [0.5, 0.6) is 0 Å². The number of rotatable bonds is 5. The molecule has 0 unspecified atom stereocenters. The third kappa shape index (κ3) is 6.27. The minimum absolute atomic E-state index is 0.0971. The van der Waals surface area contributed by atoms with Gasteiger partial charge in [0, 0.05) is 23.7 Å². The third-order valence-electron chi connectivity index (χ3n) is 5.51. The fourth-order valence-corrected chi connectivity index (χ4v) is 3.93. The van der Waals surface area contributed by atoms with E-state index < -0.39 is 5.60 Å². The van der Waals surface area contributed by atoms with Gasteiger partial charge in [-0.15, -0.1) is 0 Å². The van der Waals surface area contributed by atoms with E-state index in [1.807, 2.05) is 32.9 Å². The molecule has 2 aliphatic carbocycles. The predicted octanol–water partition coefficient (Wildman–Crippen LogP) is 4.26. The average Bonchev–Trinajstić information content (AvgIpc) is 2.61. The molecule has 2 amide bonds. The molecule has 7 heteroatoms. The van der Waals surface area contributed by atoms with Crippen LogP contribution >= 0.6 is 0 Å². The van der Waals surface area contributed by atoms with Crippen LogP contribution in [-0.2, 0) is 9.53 Å². The largest absolute Gasteiger partial charge is 0.444 e. The number of alkyl carbamates (subject to hydrolysis) is 1. The first-order valence-electron chi connectivity index (χ1n) is 10.7. The van der Waals surface area contributed by atoms with Gasteiger partial charge >= 0.3 is 6.09 Å². The van der Waals surface area contributed by atoms with Gasteiger partial charge in [-0.1, -0.05) is 19.3 Å². The molecule has 0 aromatic heterocycles. The Morgan fingerprint density at radius 1 is 1.07 bits per heavy atom. The number of carbonyl (C=O) groups is 2. The van der Waals surface area contributed by atoms with Crippen LogP contribution in [0.1, 0.15) is 65.7 Å². The third-order valence-corrected chi connectivity index (χ3v) is 5.51. The van der Waals surface area contributed by atoms with Crippen molar-refractivity contribution in [1.29, 1.82) is 0 Å². The second-order valence-electron chi connectivity index (χ2n) is 9.28. The zero-order valence-corrected chi connectivity index (χ0v) is 17.7. The van der Waals surface area contributed by atoms with E-state index in [1.54, 1.807) is 6.07 Å². The van der Waals surface area contributed by atoms with Gasteiger partial charge in [-0.05, 0) is 64.7 Å². The van der Waals surface area contributed by atoms with Crippen molar-refractivity contribution in [3.05, 3.63) is 18.2 Å². The predicted molar refractivity (Wildman–Crippen MR) is 116 cm³/mol. The molecule has 0 radical (unpaired) electrons. The highest BCUT2D eigenvalue weighted by molar-refractivity contribution is 5.93. The molecule has 0 atom stereocenters. The topological polar surface area (TPSA) is 105 Å². The summed E-state index contributed by atoms with van der Waals surface area (Å²) >= 11 is 0. The van der Waals surface area contributed by atoms with Crippen molar-refractivity contribution < 1.29 is 14.3 Å². The highest BCUT2D eigenvalue weighted by atomic mass is 16.6. The van der Waals surface area contributed by atoms with Gasteiger partial charge < -0.3 is 26.4 Å². The maximum atomic E-state index is 12.4. The Morgan fingerprint density at radius 2 is 1.76 bits per heavy atom. The lowest BCUT2D eigenvalue weighted by atomic mass is 9.86. The highest BCUT2D eigenvalue weighted by Gasteiger charge is 2.32. The summed E-state index contributed by atoms with van der Waals surface area (Å²) in [4.78, 5) is 24.2. The first-order valence-corrected chi connectivity index (χ1v) is 10.7. The van der Waals surface area contributed by atoms with Crippen LogP contribution in [0.2, 0.25) is 0 Å². The number of anilines is 3. The van der Waals surface area contributed by atoms with Crippen molar-refractivity contribution in [2.75, 3.05) is 16.4 Å². The number of amides is 2. The first kappa shape index (κ1) is 21.3. The van der Waals surface area contributed by atoms with Crippen molar-refractivity contribution in [2.45, 2.75) is 83.4 Å². The van der Waals surface area contributed by atoms with E-state index in [4.69, 9.17) is 10.5 Å². The molecule has 0 heterocycles. The quantitative estimate of drug-likeness (QED) is 0.551. The lowest BCUT2D eigenvalue weighted by Gasteiger charge is -2.37. The highest BCUT2D eigenvalue weighted by Crippen LogP contribution is 2.30. The Labute approximate surface area is 173 Å². The minimum atomic E-state index is -0.492. The molecule has 2 fully saturated rings. The molecule has 160 valence electrons. The number of ether oxygens (including phenoxy) is 1. The van der Waals surface area contributed by atoms with Gasteiger partial charge in [-0.3, -0.25) is 4.79 Å². The van der Waals surface area contributed by atoms with Crippen molar-refractivity contribution >= 4 is 29.1 Å². The zero-order valence-electron chi connectivity index (χ0n) is 17.7. The SMILES string of the molecule is CC(C)(C)OC(=O)N[C@H]1C[C@@H](Nc2ccc(NC(=O)C3CCCCC3)cc2N)C1. The summed E-state index contributed by atoms with van der Waals surface area (Å²) in [6, 6.07) is 5.95. The number of benzene rings is 1. The molecule has 0 spiro atoms. The lowest BCUT2D eigenvalue weighted by molar-refractivity contribution is -0.120. The van der Waals surface area contributed by atoms with Crippen molar-refractivity contribution in [3.8, 4) is 0 Å². The molecular weight excluding hydrogens is 368 g/mol.